The third-order valence-corrected chi connectivity index (χ3v) is 6.08. The summed E-state index contributed by atoms with van der Waals surface area (Å²) in [4.78, 5) is 25.9. The summed E-state index contributed by atoms with van der Waals surface area (Å²) >= 11 is 0. The lowest BCUT2D eigenvalue weighted by molar-refractivity contribution is -0.138. The van der Waals surface area contributed by atoms with Gasteiger partial charge in [-0.1, -0.05) is 18.2 Å². The second-order valence-electron chi connectivity index (χ2n) is 8.32. The van der Waals surface area contributed by atoms with Crippen molar-refractivity contribution in [3.05, 3.63) is 81.9 Å². The van der Waals surface area contributed by atoms with Crippen molar-refractivity contribution in [1.29, 1.82) is 0 Å². The summed E-state index contributed by atoms with van der Waals surface area (Å²) in [6, 6.07) is 11.6. The lowest BCUT2D eigenvalue weighted by Gasteiger charge is -2.34. The van der Waals surface area contributed by atoms with Crippen LogP contribution in [0.5, 0.6) is 11.5 Å². The molecule has 1 heterocycles. The maximum absolute atomic E-state index is 13.5. The summed E-state index contributed by atoms with van der Waals surface area (Å²) < 4.78 is 30.3. The van der Waals surface area contributed by atoms with Crippen molar-refractivity contribution in [3.63, 3.8) is 0 Å². The number of hydrogen-bond acceptors (Lipinski definition) is 6. The fraction of sp³-hybridized carbons (Fsp3) is 0.333. The molecule has 0 bridgehead atoms. The molecule has 7 heteroatoms. The number of carbonyl (C=O) groups is 2. The Morgan fingerprint density at radius 3 is 2.71 bits per heavy atom. The lowest BCUT2D eigenvalue weighted by atomic mass is 9.75. The van der Waals surface area contributed by atoms with Gasteiger partial charge in [0.05, 0.1) is 19.3 Å². The summed E-state index contributed by atoms with van der Waals surface area (Å²) in [5.74, 6) is -0.379. The summed E-state index contributed by atoms with van der Waals surface area (Å²) in [5.41, 5.74) is 4.00. The molecule has 1 aliphatic heterocycles. The van der Waals surface area contributed by atoms with Crippen molar-refractivity contribution in [2.45, 2.75) is 45.6 Å². The minimum Gasteiger partial charge on any atom is -0.493 e. The van der Waals surface area contributed by atoms with Crippen molar-refractivity contribution >= 4 is 11.8 Å². The second-order valence-corrected chi connectivity index (χ2v) is 8.32. The predicted octanol–water partition coefficient (Wildman–Crippen LogP) is 4.94. The Bertz CT molecular complexity index is 1180. The van der Waals surface area contributed by atoms with Gasteiger partial charge in [-0.15, -0.1) is 0 Å². The quantitative estimate of drug-likeness (QED) is 0.584. The average Bonchev–Trinajstić information content (AvgIpc) is 2.82. The molecule has 4 rings (SSSR count). The van der Waals surface area contributed by atoms with Crippen LogP contribution in [-0.4, -0.2) is 25.5 Å². The molecule has 0 aromatic heterocycles. The molecule has 0 spiro atoms. The van der Waals surface area contributed by atoms with Gasteiger partial charge in [0.25, 0.3) is 0 Å². The van der Waals surface area contributed by atoms with Gasteiger partial charge in [-0.05, 0) is 62.1 Å². The van der Waals surface area contributed by atoms with Crippen LogP contribution in [0.2, 0.25) is 0 Å². The number of halogens is 1. The Morgan fingerprint density at radius 1 is 1.15 bits per heavy atom. The van der Waals surface area contributed by atoms with Crippen LogP contribution in [0.3, 0.4) is 0 Å². The number of hydrogen-bond donors (Lipinski definition) is 1. The van der Waals surface area contributed by atoms with E-state index in [1.165, 1.54) is 19.2 Å². The first-order valence-electron chi connectivity index (χ1n) is 11.4. The Hall–Kier alpha value is -3.61. The van der Waals surface area contributed by atoms with Crippen LogP contribution in [0.25, 0.3) is 0 Å². The van der Waals surface area contributed by atoms with Gasteiger partial charge in [0, 0.05) is 29.3 Å². The Morgan fingerprint density at radius 2 is 1.97 bits per heavy atom. The van der Waals surface area contributed by atoms with Crippen molar-refractivity contribution in [1.82, 2.24) is 5.32 Å². The summed E-state index contributed by atoms with van der Waals surface area (Å²) in [6.07, 6.45) is 1.96. The van der Waals surface area contributed by atoms with E-state index in [0.717, 1.165) is 24.1 Å². The molecule has 1 N–H and O–H groups in total. The molecule has 178 valence electrons. The van der Waals surface area contributed by atoms with Gasteiger partial charge in [0.15, 0.2) is 17.3 Å². The van der Waals surface area contributed by atoms with E-state index in [4.69, 9.17) is 14.2 Å². The van der Waals surface area contributed by atoms with Crippen LogP contribution in [-0.2, 0) is 20.9 Å². The number of rotatable bonds is 7. The maximum Gasteiger partial charge on any atom is 0.336 e. The van der Waals surface area contributed by atoms with Gasteiger partial charge in [0.2, 0.25) is 0 Å². The zero-order valence-electron chi connectivity index (χ0n) is 19.6. The third-order valence-electron chi connectivity index (χ3n) is 6.08. The third kappa shape index (κ3) is 4.69. The summed E-state index contributed by atoms with van der Waals surface area (Å²) in [6.45, 7) is 3.99. The maximum atomic E-state index is 13.5. The van der Waals surface area contributed by atoms with E-state index in [2.05, 4.69) is 5.32 Å². The van der Waals surface area contributed by atoms with Crippen LogP contribution < -0.4 is 14.8 Å². The van der Waals surface area contributed by atoms with Gasteiger partial charge in [-0.3, -0.25) is 4.79 Å². The fourth-order valence-corrected chi connectivity index (χ4v) is 4.57. The highest BCUT2D eigenvalue weighted by atomic mass is 19.1. The largest absolute Gasteiger partial charge is 0.493 e. The van der Waals surface area contributed by atoms with E-state index in [0.29, 0.717) is 40.3 Å². The summed E-state index contributed by atoms with van der Waals surface area (Å²) in [5, 5.41) is 3.27. The zero-order chi connectivity index (χ0) is 24.2. The first-order valence-corrected chi connectivity index (χ1v) is 11.4. The molecule has 6 nitrogen and oxygen atoms in total. The minimum absolute atomic E-state index is 0.0263. The molecule has 34 heavy (non-hydrogen) atoms. The second kappa shape index (κ2) is 10.1. The molecule has 0 saturated carbocycles. The fourth-order valence-electron chi connectivity index (χ4n) is 4.57. The number of carbonyl (C=O) groups excluding carboxylic acids is 2. The number of methoxy groups -OCH3 is 1. The molecular formula is C27H28FNO5. The first kappa shape index (κ1) is 23.5. The van der Waals surface area contributed by atoms with Gasteiger partial charge in [0.1, 0.15) is 12.4 Å². The monoisotopic (exact) mass is 465 g/mol. The standard InChI is InChI=1S/C27H28FNO5/c1-4-33-27(31)24-16(2)29-20-9-6-10-21(30)26(20)25(24)18-11-12-22(23(14-18)32-3)34-15-17-7-5-8-19(28)13-17/h5,7-8,11-14,25,29H,4,6,9-10,15H2,1-3H3. The molecule has 0 fully saturated rings. The highest BCUT2D eigenvalue weighted by molar-refractivity contribution is 6.03. The molecular weight excluding hydrogens is 437 g/mol. The van der Waals surface area contributed by atoms with Crippen LogP contribution in [0, 0.1) is 5.82 Å². The Labute approximate surface area is 198 Å². The van der Waals surface area contributed by atoms with Gasteiger partial charge in [-0.2, -0.15) is 0 Å². The average molecular weight is 466 g/mol. The van der Waals surface area contributed by atoms with Crippen molar-refractivity contribution in [2.75, 3.05) is 13.7 Å². The number of benzene rings is 2. The topological polar surface area (TPSA) is 73.9 Å². The number of ketones is 1. The molecule has 0 amide bonds. The number of dihydropyridines is 1. The Balaban J connectivity index is 1.71. The van der Waals surface area contributed by atoms with E-state index < -0.39 is 11.9 Å². The van der Waals surface area contributed by atoms with Crippen molar-refractivity contribution < 1.29 is 28.2 Å². The molecule has 0 radical (unpaired) electrons. The van der Waals surface area contributed by atoms with Gasteiger partial charge < -0.3 is 19.5 Å². The summed E-state index contributed by atoms with van der Waals surface area (Å²) in [7, 11) is 1.53. The number of allylic oxidation sites excluding steroid dienone is 3. The van der Waals surface area contributed by atoms with Crippen LogP contribution in [0.4, 0.5) is 4.39 Å². The number of esters is 1. The highest BCUT2D eigenvalue weighted by Crippen LogP contribution is 2.44. The molecule has 1 atom stereocenters. The molecule has 1 aliphatic carbocycles. The van der Waals surface area contributed by atoms with Crippen molar-refractivity contribution in [3.8, 4) is 11.5 Å². The number of ether oxygens (including phenoxy) is 3. The van der Waals surface area contributed by atoms with Crippen LogP contribution in [0.15, 0.2) is 65.0 Å². The molecule has 1 unspecified atom stereocenters. The Kier molecular flexibility index (Phi) is 7.01. The van der Waals surface area contributed by atoms with Crippen LogP contribution in [0.1, 0.15) is 50.2 Å². The van der Waals surface area contributed by atoms with E-state index in [1.54, 1.807) is 31.2 Å². The van der Waals surface area contributed by atoms with Crippen LogP contribution >= 0.6 is 0 Å². The SMILES string of the molecule is CCOC(=O)C1=C(C)NC2=C(C(=O)CCC2)C1c1ccc(OCc2cccc(F)c2)c(OC)c1. The highest BCUT2D eigenvalue weighted by Gasteiger charge is 2.39. The van der Waals surface area contributed by atoms with Gasteiger partial charge >= 0.3 is 5.97 Å². The lowest BCUT2D eigenvalue weighted by Crippen LogP contribution is -2.34. The number of Topliss-reactive ketones (excluding diaryl/α,β-unsaturated/α-hetero) is 1. The van der Waals surface area contributed by atoms with Crippen molar-refractivity contribution in [2.24, 2.45) is 0 Å². The van der Waals surface area contributed by atoms with E-state index in [-0.39, 0.29) is 24.8 Å². The van der Waals surface area contributed by atoms with Gasteiger partial charge in [-0.25, -0.2) is 9.18 Å². The number of nitrogens with one attached hydrogen (secondary N) is 1. The molecule has 2 aromatic carbocycles. The zero-order valence-corrected chi connectivity index (χ0v) is 19.6. The molecule has 2 aromatic rings. The minimum atomic E-state index is -0.561. The smallest absolute Gasteiger partial charge is 0.336 e. The normalized spacial score (nSPS) is 17.8. The predicted molar refractivity (Wildman–Crippen MR) is 125 cm³/mol. The molecule has 0 saturated heterocycles. The molecule has 2 aliphatic rings. The first-order chi connectivity index (χ1) is 16.4. The van der Waals surface area contributed by atoms with E-state index in [9.17, 15) is 14.0 Å². The van der Waals surface area contributed by atoms with E-state index >= 15 is 0 Å². The van der Waals surface area contributed by atoms with E-state index in [1.807, 2.05) is 13.0 Å².